The van der Waals surface area contributed by atoms with E-state index >= 15 is 0 Å². The third-order valence-corrected chi connectivity index (χ3v) is 2.19. The van der Waals surface area contributed by atoms with Crippen LogP contribution < -0.4 is 10.2 Å². The fourth-order valence-electron chi connectivity index (χ4n) is 1.22. The van der Waals surface area contributed by atoms with Crippen LogP contribution in [0.5, 0.6) is 0 Å². The minimum Gasteiger partial charge on any atom is -0.378 e. The van der Waals surface area contributed by atoms with Crippen LogP contribution in [0.3, 0.4) is 0 Å². The van der Waals surface area contributed by atoms with Crippen molar-refractivity contribution in [3.63, 3.8) is 0 Å². The number of carbonyl (C=O) groups excluding carboxylic acids is 1. The van der Waals surface area contributed by atoms with Crippen LogP contribution in [0, 0.1) is 11.3 Å². The van der Waals surface area contributed by atoms with Gasteiger partial charge in [-0.25, -0.2) is 0 Å². The molecule has 0 heterocycles. The molecule has 1 aromatic carbocycles. The second kappa shape index (κ2) is 5.17. The van der Waals surface area contributed by atoms with E-state index in [4.69, 9.17) is 5.26 Å². The van der Waals surface area contributed by atoms with Crippen LogP contribution in [0.4, 0.5) is 5.69 Å². The van der Waals surface area contributed by atoms with Crippen LogP contribution in [0.25, 0.3) is 0 Å². The van der Waals surface area contributed by atoms with Gasteiger partial charge in [0.25, 0.3) is 5.91 Å². The molecule has 0 saturated carbocycles. The summed E-state index contributed by atoms with van der Waals surface area (Å²) in [7, 11) is 3.87. The molecule has 1 unspecified atom stereocenters. The monoisotopic (exact) mass is 217 g/mol. The van der Waals surface area contributed by atoms with E-state index in [1.807, 2.05) is 37.2 Å². The predicted molar refractivity (Wildman–Crippen MR) is 63.3 cm³/mol. The van der Waals surface area contributed by atoms with E-state index in [1.165, 1.54) is 0 Å². The Labute approximate surface area is 95.5 Å². The third-order valence-electron chi connectivity index (χ3n) is 2.19. The number of nitrogens with one attached hydrogen (secondary N) is 1. The highest BCUT2D eigenvalue weighted by molar-refractivity contribution is 5.94. The molecule has 16 heavy (non-hydrogen) atoms. The van der Waals surface area contributed by atoms with Crippen molar-refractivity contribution < 1.29 is 4.79 Å². The molecule has 1 aromatic rings. The summed E-state index contributed by atoms with van der Waals surface area (Å²) in [6, 6.07) is 8.71. The van der Waals surface area contributed by atoms with Crippen molar-refractivity contribution in [1.29, 1.82) is 5.26 Å². The number of anilines is 1. The van der Waals surface area contributed by atoms with E-state index in [1.54, 1.807) is 19.1 Å². The predicted octanol–water partition coefficient (Wildman–Crippen LogP) is 1.39. The molecular formula is C12H15N3O. The van der Waals surface area contributed by atoms with Gasteiger partial charge in [0.05, 0.1) is 6.07 Å². The molecule has 0 aliphatic rings. The van der Waals surface area contributed by atoms with Gasteiger partial charge in [0.2, 0.25) is 0 Å². The first-order valence-corrected chi connectivity index (χ1v) is 5.02. The SMILES string of the molecule is CC(C#N)NC(=O)c1ccc(N(C)C)cc1. The van der Waals surface area contributed by atoms with Gasteiger partial charge < -0.3 is 10.2 Å². The Bertz CT molecular complexity index is 403. The number of nitrogens with zero attached hydrogens (tertiary/aromatic N) is 2. The molecule has 0 spiro atoms. The summed E-state index contributed by atoms with van der Waals surface area (Å²) in [6.07, 6.45) is 0. The zero-order valence-electron chi connectivity index (χ0n) is 9.69. The van der Waals surface area contributed by atoms with Gasteiger partial charge in [-0.2, -0.15) is 5.26 Å². The largest absolute Gasteiger partial charge is 0.378 e. The van der Waals surface area contributed by atoms with Crippen molar-refractivity contribution in [3.8, 4) is 6.07 Å². The van der Waals surface area contributed by atoms with Crippen LogP contribution in [0.2, 0.25) is 0 Å². The first-order chi connectivity index (χ1) is 7.54. The van der Waals surface area contributed by atoms with Crippen molar-refractivity contribution in [2.24, 2.45) is 0 Å². The summed E-state index contributed by atoms with van der Waals surface area (Å²) in [5.74, 6) is -0.223. The van der Waals surface area contributed by atoms with Gasteiger partial charge in [-0.05, 0) is 31.2 Å². The Morgan fingerprint density at radius 2 is 1.94 bits per heavy atom. The number of rotatable bonds is 3. The number of amides is 1. The smallest absolute Gasteiger partial charge is 0.252 e. The zero-order valence-corrected chi connectivity index (χ0v) is 9.69. The fraction of sp³-hybridized carbons (Fsp3) is 0.333. The second-order valence-corrected chi connectivity index (χ2v) is 3.77. The third kappa shape index (κ3) is 2.99. The molecule has 1 N–H and O–H groups in total. The van der Waals surface area contributed by atoms with E-state index in [0.717, 1.165) is 5.69 Å². The van der Waals surface area contributed by atoms with Crippen LogP contribution in [0.15, 0.2) is 24.3 Å². The van der Waals surface area contributed by atoms with E-state index in [2.05, 4.69) is 5.32 Å². The highest BCUT2D eigenvalue weighted by atomic mass is 16.1. The lowest BCUT2D eigenvalue weighted by atomic mass is 10.2. The maximum absolute atomic E-state index is 11.6. The molecule has 1 atom stereocenters. The Balaban J connectivity index is 2.75. The molecular weight excluding hydrogens is 202 g/mol. The molecule has 84 valence electrons. The van der Waals surface area contributed by atoms with E-state index < -0.39 is 6.04 Å². The van der Waals surface area contributed by atoms with Crippen molar-refractivity contribution in [2.75, 3.05) is 19.0 Å². The maximum Gasteiger partial charge on any atom is 0.252 e. The quantitative estimate of drug-likeness (QED) is 0.832. The Morgan fingerprint density at radius 1 is 1.38 bits per heavy atom. The second-order valence-electron chi connectivity index (χ2n) is 3.77. The van der Waals surface area contributed by atoms with Crippen molar-refractivity contribution >= 4 is 11.6 Å². The maximum atomic E-state index is 11.6. The topological polar surface area (TPSA) is 56.1 Å². The van der Waals surface area contributed by atoms with Crippen LogP contribution in [0.1, 0.15) is 17.3 Å². The molecule has 0 aliphatic heterocycles. The molecule has 1 amide bonds. The molecule has 0 aliphatic carbocycles. The van der Waals surface area contributed by atoms with Crippen molar-refractivity contribution in [2.45, 2.75) is 13.0 Å². The molecule has 1 rings (SSSR count). The van der Waals surface area contributed by atoms with Gasteiger partial charge in [-0.1, -0.05) is 0 Å². The summed E-state index contributed by atoms with van der Waals surface area (Å²) in [5.41, 5.74) is 1.59. The normalized spacial score (nSPS) is 11.4. The first-order valence-electron chi connectivity index (χ1n) is 5.02. The first kappa shape index (κ1) is 12.1. The van der Waals surface area contributed by atoms with Crippen LogP contribution in [-0.2, 0) is 0 Å². The van der Waals surface area contributed by atoms with Crippen LogP contribution in [-0.4, -0.2) is 26.0 Å². The van der Waals surface area contributed by atoms with Gasteiger partial charge >= 0.3 is 0 Å². The van der Waals surface area contributed by atoms with E-state index in [9.17, 15) is 4.79 Å². The summed E-state index contributed by atoms with van der Waals surface area (Å²) in [5, 5.41) is 11.2. The van der Waals surface area contributed by atoms with Gasteiger partial charge in [-0.15, -0.1) is 0 Å². The van der Waals surface area contributed by atoms with Crippen LogP contribution >= 0.6 is 0 Å². The molecule has 0 fully saturated rings. The molecule has 4 heteroatoms. The number of hydrogen-bond donors (Lipinski definition) is 1. The summed E-state index contributed by atoms with van der Waals surface area (Å²) in [4.78, 5) is 13.6. The lowest BCUT2D eigenvalue weighted by molar-refractivity contribution is 0.0948. The highest BCUT2D eigenvalue weighted by Gasteiger charge is 2.08. The van der Waals surface area contributed by atoms with Crippen molar-refractivity contribution in [3.05, 3.63) is 29.8 Å². The van der Waals surface area contributed by atoms with E-state index in [0.29, 0.717) is 5.56 Å². The van der Waals surface area contributed by atoms with E-state index in [-0.39, 0.29) is 5.91 Å². The molecule has 0 saturated heterocycles. The molecule has 4 nitrogen and oxygen atoms in total. The minimum absolute atomic E-state index is 0.223. The molecule has 0 bridgehead atoms. The highest BCUT2D eigenvalue weighted by Crippen LogP contribution is 2.12. The summed E-state index contributed by atoms with van der Waals surface area (Å²) >= 11 is 0. The lowest BCUT2D eigenvalue weighted by Crippen LogP contribution is -2.31. The molecule has 0 aromatic heterocycles. The van der Waals surface area contributed by atoms with Gasteiger partial charge in [0.15, 0.2) is 0 Å². The van der Waals surface area contributed by atoms with Gasteiger partial charge in [0.1, 0.15) is 6.04 Å². The summed E-state index contributed by atoms with van der Waals surface area (Å²) < 4.78 is 0. The number of hydrogen-bond acceptors (Lipinski definition) is 3. The standard InChI is InChI=1S/C12H15N3O/c1-9(8-13)14-12(16)10-4-6-11(7-5-10)15(2)3/h4-7,9H,1-3H3,(H,14,16). The lowest BCUT2D eigenvalue weighted by Gasteiger charge is -2.12. The summed E-state index contributed by atoms with van der Waals surface area (Å²) in [6.45, 7) is 1.64. The Hall–Kier alpha value is -2.02. The number of nitriles is 1. The average Bonchev–Trinajstić information content (AvgIpc) is 2.28. The van der Waals surface area contributed by atoms with Gasteiger partial charge in [-0.3, -0.25) is 4.79 Å². The minimum atomic E-state index is -0.471. The van der Waals surface area contributed by atoms with Crippen molar-refractivity contribution in [1.82, 2.24) is 5.32 Å². The Morgan fingerprint density at radius 3 is 2.38 bits per heavy atom. The number of carbonyl (C=O) groups is 1. The van der Waals surface area contributed by atoms with Gasteiger partial charge in [0, 0.05) is 25.3 Å². The fourth-order valence-corrected chi connectivity index (χ4v) is 1.22. The number of benzene rings is 1. The average molecular weight is 217 g/mol. The molecule has 0 radical (unpaired) electrons. The Kier molecular flexibility index (Phi) is 3.90. The zero-order chi connectivity index (χ0) is 12.1.